The molecule has 94 valence electrons. The minimum absolute atomic E-state index is 0.254. The molecule has 17 heavy (non-hydrogen) atoms. The third-order valence-electron chi connectivity index (χ3n) is 3.16. The highest BCUT2D eigenvalue weighted by Crippen LogP contribution is 2.29. The van der Waals surface area contributed by atoms with Crippen molar-refractivity contribution < 1.29 is 13.5 Å². The monoisotopic (exact) mass is 274 g/mol. The molecule has 1 aromatic carbocycles. The Morgan fingerprint density at radius 3 is 2.71 bits per heavy atom. The summed E-state index contributed by atoms with van der Waals surface area (Å²) in [6, 6.07) is 6.31. The normalized spacial score (nSPS) is 25.8. The van der Waals surface area contributed by atoms with Gasteiger partial charge in [0.2, 0.25) is 0 Å². The molecule has 0 spiro atoms. The van der Waals surface area contributed by atoms with Crippen molar-refractivity contribution in [1.82, 2.24) is 0 Å². The van der Waals surface area contributed by atoms with Crippen molar-refractivity contribution >= 4 is 21.4 Å². The molecular formula is C12H15ClO3S. The van der Waals surface area contributed by atoms with Gasteiger partial charge in [0, 0.05) is 5.02 Å². The molecule has 3 nitrogen and oxygen atoms in total. The molecule has 0 bridgehead atoms. The van der Waals surface area contributed by atoms with E-state index < -0.39 is 21.2 Å². The highest BCUT2D eigenvalue weighted by molar-refractivity contribution is 7.92. The van der Waals surface area contributed by atoms with Crippen LogP contribution in [-0.4, -0.2) is 24.9 Å². The first-order chi connectivity index (χ1) is 8.00. The van der Waals surface area contributed by atoms with Crippen LogP contribution in [0.2, 0.25) is 5.02 Å². The van der Waals surface area contributed by atoms with Crippen LogP contribution in [0.4, 0.5) is 0 Å². The zero-order chi connectivity index (χ0) is 12.5. The minimum Gasteiger partial charge on any atom is -0.393 e. The summed E-state index contributed by atoms with van der Waals surface area (Å²) in [6.45, 7) is 0. The van der Waals surface area contributed by atoms with Crippen LogP contribution < -0.4 is 0 Å². The van der Waals surface area contributed by atoms with Crippen molar-refractivity contribution in [2.75, 3.05) is 0 Å². The topological polar surface area (TPSA) is 54.4 Å². The first-order valence-electron chi connectivity index (χ1n) is 5.67. The Hall–Kier alpha value is -0.580. The molecule has 1 fully saturated rings. The smallest absolute Gasteiger partial charge is 0.181 e. The maximum Gasteiger partial charge on any atom is 0.181 e. The van der Waals surface area contributed by atoms with Crippen LogP contribution in [0.3, 0.4) is 0 Å². The standard InChI is InChI=1S/C12H15ClO3S/c13-9-3-1-5-11(7-9)17(15,16)12-6-2-4-10(14)8-12/h1,3,5,7,10,12,14H,2,4,6,8H2. The van der Waals surface area contributed by atoms with E-state index in [9.17, 15) is 13.5 Å². The summed E-state index contributed by atoms with van der Waals surface area (Å²) in [5.74, 6) is 0. The average Bonchev–Trinajstić information content (AvgIpc) is 2.29. The lowest BCUT2D eigenvalue weighted by Crippen LogP contribution is -2.30. The molecule has 1 N–H and O–H groups in total. The van der Waals surface area contributed by atoms with E-state index in [0.717, 1.165) is 6.42 Å². The van der Waals surface area contributed by atoms with Gasteiger partial charge in [0.25, 0.3) is 0 Å². The predicted octanol–water partition coefficient (Wildman–Crippen LogP) is 2.42. The van der Waals surface area contributed by atoms with Gasteiger partial charge in [0.05, 0.1) is 16.2 Å². The van der Waals surface area contributed by atoms with Crippen LogP contribution in [0, 0.1) is 0 Å². The van der Waals surface area contributed by atoms with Crippen LogP contribution in [0.5, 0.6) is 0 Å². The molecule has 1 aliphatic rings. The van der Waals surface area contributed by atoms with E-state index in [4.69, 9.17) is 11.6 Å². The number of halogens is 1. The van der Waals surface area contributed by atoms with E-state index >= 15 is 0 Å². The van der Waals surface area contributed by atoms with Gasteiger partial charge < -0.3 is 5.11 Å². The molecule has 0 aliphatic heterocycles. The van der Waals surface area contributed by atoms with Gasteiger partial charge in [-0.15, -0.1) is 0 Å². The molecule has 2 atom stereocenters. The largest absolute Gasteiger partial charge is 0.393 e. The first-order valence-corrected chi connectivity index (χ1v) is 7.60. The van der Waals surface area contributed by atoms with Crippen LogP contribution in [0.1, 0.15) is 25.7 Å². The lowest BCUT2D eigenvalue weighted by Gasteiger charge is -2.25. The Bertz CT molecular complexity index is 498. The van der Waals surface area contributed by atoms with E-state index in [-0.39, 0.29) is 4.90 Å². The second-order valence-corrected chi connectivity index (χ2v) is 7.11. The van der Waals surface area contributed by atoms with Crippen LogP contribution >= 0.6 is 11.6 Å². The number of rotatable bonds is 2. The van der Waals surface area contributed by atoms with Gasteiger partial charge >= 0.3 is 0 Å². The summed E-state index contributed by atoms with van der Waals surface area (Å²) in [5.41, 5.74) is 0. The third kappa shape index (κ3) is 2.81. The van der Waals surface area contributed by atoms with Crippen LogP contribution in [0.25, 0.3) is 0 Å². The Balaban J connectivity index is 2.29. The fraction of sp³-hybridized carbons (Fsp3) is 0.500. The quantitative estimate of drug-likeness (QED) is 0.901. The SMILES string of the molecule is O=S(=O)(c1cccc(Cl)c1)C1CCCC(O)C1. The van der Waals surface area contributed by atoms with Gasteiger partial charge in [-0.05, 0) is 43.9 Å². The van der Waals surface area contributed by atoms with E-state index in [1.54, 1.807) is 18.2 Å². The molecule has 0 saturated heterocycles. The van der Waals surface area contributed by atoms with E-state index in [1.807, 2.05) is 0 Å². The Morgan fingerprint density at radius 2 is 2.06 bits per heavy atom. The molecule has 0 radical (unpaired) electrons. The molecule has 1 aromatic rings. The van der Waals surface area contributed by atoms with Crippen molar-refractivity contribution in [3.8, 4) is 0 Å². The zero-order valence-corrected chi connectivity index (χ0v) is 10.9. The zero-order valence-electron chi connectivity index (χ0n) is 9.34. The molecule has 2 unspecified atom stereocenters. The van der Waals surface area contributed by atoms with Crippen molar-refractivity contribution in [3.05, 3.63) is 29.3 Å². The second-order valence-electron chi connectivity index (χ2n) is 4.44. The Kier molecular flexibility index (Phi) is 3.76. The molecule has 0 aromatic heterocycles. The minimum atomic E-state index is -3.36. The summed E-state index contributed by atoms with van der Waals surface area (Å²) in [7, 11) is -3.36. The fourth-order valence-electron chi connectivity index (χ4n) is 2.24. The van der Waals surface area contributed by atoms with Crippen LogP contribution in [-0.2, 0) is 9.84 Å². The van der Waals surface area contributed by atoms with Crippen molar-refractivity contribution in [2.24, 2.45) is 0 Å². The number of sulfone groups is 1. The molecule has 5 heteroatoms. The summed E-state index contributed by atoms with van der Waals surface area (Å²) in [5, 5.41) is 9.49. The second kappa shape index (κ2) is 4.96. The summed E-state index contributed by atoms with van der Waals surface area (Å²) < 4.78 is 24.6. The van der Waals surface area contributed by atoms with E-state index in [0.29, 0.717) is 24.3 Å². The van der Waals surface area contributed by atoms with Gasteiger partial charge in [0.1, 0.15) is 0 Å². The van der Waals surface area contributed by atoms with Crippen LogP contribution in [0.15, 0.2) is 29.2 Å². The lowest BCUT2D eigenvalue weighted by atomic mass is 9.97. The van der Waals surface area contributed by atoms with Gasteiger partial charge in [-0.25, -0.2) is 8.42 Å². The molecule has 0 heterocycles. The number of benzene rings is 1. The summed E-state index contributed by atoms with van der Waals surface area (Å²) in [4.78, 5) is 0.254. The molecule has 1 aliphatic carbocycles. The third-order valence-corrected chi connectivity index (χ3v) is 5.61. The molecule has 1 saturated carbocycles. The van der Waals surface area contributed by atoms with Gasteiger partial charge in [0.15, 0.2) is 9.84 Å². The van der Waals surface area contributed by atoms with Gasteiger partial charge in [-0.3, -0.25) is 0 Å². The lowest BCUT2D eigenvalue weighted by molar-refractivity contribution is 0.131. The maximum atomic E-state index is 12.3. The summed E-state index contributed by atoms with van der Waals surface area (Å²) in [6.07, 6.45) is 1.90. The highest BCUT2D eigenvalue weighted by atomic mass is 35.5. The molecular weight excluding hydrogens is 260 g/mol. The first kappa shape index (κ1) is 12.9. The predicted molar refractivity (Wildman–Crippen MR) is 66.9 cm³/mol. The van der Waals surface area contributed by atoms with Crippen molar-refractivity contribution in [1.29, 1.82) is 0 Å². The van der Waals surface area contributed by atoms with Crippen molar-refractivity contribution in [2.45, 2.75) is 41.9 Å². The number of hydrogen-bond donors (Lipinski definition) is 1. The number of hydrogen-bond acceptors (Lipinski definition) is 3. The van der Waals surface area contributed by atoms with Gasteiger partial charge in [-0.2, -0.15) is 0 Å². The van der Waals surface area contributed by atoms with E-state index in [2.05, 4.69) is 0 Å². The number of aliphatic hydroxyl groups is 1. The Morgan fingerprint density at radius 1 is 1.29 bits per heavy atom. The molecule has 2 rings (SSSR count). The highest BCUT2D eigenvalue weighted by Gasteiger charge is 2.32. The van der Waals surface area contributed by atoms with Gasteiger partial charge in [-0.1, -0.05) is 17.7 Å². The number of aliphatic hydroxyl groups excluding tert-OH is 1. The average molecular weight is 275 g/mol. The Labute approximate surface area is 106 Å². The summed E-state index contributed by atoms with van der Waals surface area (Å²) >= 11 is 5.80. The van der Waals surface area contributed by atoms with Crippen molar-refractivity contribution in [3.63, 3.8) is 0 Å². The van der Waals surface area contributed by atoms with E-state index in [1.165, 1.54) is 6.07 Å². The fourth-order valence-corrected chi connectivity index (χ4v) is 4.39. The molecule has 0 amide bonds. The maximum absolute atomic E-state index is 12.3.